The van der Waals surface area contributed by atoms with Crippen LogP contribution in [0.15, 0.2) is 29.2 Å². The lowest BCUT2D eigenvalue weighted by Crippen LogP contribution is -2.45. The van der Waals surface area contributed by atoms with Gasteiger partial charge in [-0.05, 0) is 50.1 Å². The van der Waals surface area contributed by atoms with Gasteiger partial charge in [-0.15, -0.1) is 11.8 Å². The third-order valence-electron chi connectivity index (χ3n) is 4.64. The highest BCUT2D eigenvalue weighted by Gasteiger charge is 2.39. The summed E-state index contributed by atoms with van der Waals surface area (Å²) in [5, 5.41) is 3.43. The van der Waals surface area contributed by atoms with Crippen molar-refractivity contribution in [1.82, 2.24) is 10.2 Å². The van der Waals surface area contributed by atoms with E-state index in [4.69, 9.17) is 0 Å². The maximum absolute atomic E-state index is 12.9. The molecule has 0 aliphatic carbocycles. The Bertz CT molecular complexity index is 508. The molecule has 1 N–H and O–H groups in total. The van der Waals surface area contributed by atoms with Gasteiger partial charge in [-0.1, -0.05) is 6.92 Å². The number of fused-ring (bicyclic) bond motifs is 2. The van der Waals surface area contributed by atoms with Gasteiger partial charge in [-0.25, -0.2) is 4.39 Å². The van der Waals surface area contributed by atoms with Gasteiger partial charge in [-0.2, -0.15) is 0 Å². The molecule has 3 atom stereocenters. The number of rotatable bonds is 4. The van der Waals surface area contributed by atoms with Crippen LogP contribution >= 0.6 is 11.8 Å². The summed E-state index contributed by atoms with van der Waals surface area (Å²) in [4.78, 5) is 16.0. The third kappa shape index (κ3) is 3.46. The zero-order valence-corrected chi connectivity index (χ0v) is 13.7. The number of thioether (sulfide) groups is 1. The highest BCUT2D eigenvalue weighted by atomic mass is 32.2. The molecule has 1 amide bonds. The van der Waals surface area contributed by atoms with Crippen molar-refractivity contribution in [3.05, 3.63) is 30.1 Å². The second kappa shape index (κ2) is 7.01. The first-order valence-corrected chi connectivity index (χ1v) is 9.05. The lowest BCUT2D eigenvalue weighted by Gasteiger charge is -2.30. The average Bonchev–Trinajstić information content (AvgIpc) is 2.78. The van der Waals surface area contributed by atoms with Crippen molar-refractivity contribution in [2.24, 2.45) is 5.92 Å². The normalized spacial score (nSPS) is 25.8. The third-order valence-corrected chi connectivity index (χ3v) is 5.92. The van der Waals surface area contributed by atoms with E-state index in [0.717, 1.165) is 43.0 Å². The number of nitrogens with zero attached hydrogens (tertiary/aromatic N) is 1. The Morgan fingerprint density at radius 1 is 1.32 bits per heavy atom. The molecule has 3 rings (SSSR count). The molecule has 3 nitrogen and oxygen atoms in total. The summed E-state index contributed by atoms with van der Waals surface area (Å²) in [6, 6.07) is 7.28. The summed E-state index contributed by atoms with van der Waals surface area (Å²) in [5.74, 6) is 0.803. The molecule has 0 radical (unpaired) electrons. The van der Waals surface area contributed by atoms with Crippen LogP contribution < -0.4 is 5.32 Å². The highest BCUT2D eigenvalue weighted by molar-refractivity contribution is 7.99. The lowest BCUT2D eigenvalue weighted by molar-refractivity contribution is -0.136. The smallest absolute Gasteiger partial charge is 0.226 e. The fourth-order valence-corrected chi connectivity index (χ4v) is 4.33. The molecule has 5 heteroatoms. The number of benzene rings is 1. The van der Waals surface area contributed by atoms with Crippen LogP contribution in [-0.4, -0.2) is 41.7 Å². The largest absolute Gasteiger partial charge is 0.335 e. The number of carbonyl (C=O) groups excluding carboxylic acids is 1. The molecule has 2 aliphatic rings. The molecule has 0 saturated carbocycles. The molecule has 2 saturated heterocycles. The molecule has 120 valence electrons. The van der Waals surface area contributed by atoms with Gasteiger partial charge in [0.25, 0.3) is 0 Å². The van der Waals surface area contributed by atoms with Gasteiger partial charge in [0.15, 0.2) is 0 Å². The van der Waals surface area contributed by atoms with Crippen LogP contribution in [0.3, 0.4) is 0 Å². The van der Waals surface area contributed by atoms with Crippen molar-refractivity contribution < 1.29 is 9.18 Å². The molecule has 0 aromatic heterocycles. The zero-order chi connectivity index (χ0) is 15.5. The Morgan fingerprint density at radius 2 is 2.05 bits per heavy atom. The SMILES string of the molecule is CC(CSc1ccc(F)cc1)C(=O)N1C2CCNCC1CC2. The van der Waals surface area contributed by atoms with Gasteiger partial charge in [0.05, 0.1) is 0 Å². The van der Waals surface area contributed by atoms with Crippen molar-refractivity contribution in [1.29, 1.82) is 0 Å². The van der Waals surface area contributed by atoms with E-state index in [1.165, 1.54) is 12.1 Å². The second-order valence-corrected chi connectivity index (χ2v) is 7.38. The maximum Gasteiger partial charge on any atom is 0.226 e. The van der Waals surface area contributed by atoms with Crippen molar-refractivity contribution >= 4 is 17.7 Å². The van der Waals surface area contributed by atoms with Crippen LogP contribution in [0.2, 0.25) is 0 Å². The zero-order valence-electron chi connectivity index (χ0n) is 12.9. The highest BCUT2D eigenvalue weighted by Crippen LogP contribution is 2.30. The summed E-state index contributed by atoms with van der Waals surface area (Å²) in [7, 11) is 0. The quantitative estimate of drug-likeness (QED) is 0.865. The number of hydrogen-bond donors (Lipinski definition) is 1. The van der Waals surface area contributed by atoms with Crippen molar-refractivity contribution in [3.63, 3.8) is 0 Å². The minimum atomic E-state index is -0.220. The fourth-order valence-electron chi connectivity index (χ4n) is 3.42. The van der Waals surface area contributed by atoms with Crippen molar-refractivity contribution in [3.8, 4) is 0 Å². The predicted molar refractivity (Wildman–Crippen MR) is 87.4 cm³/mol. The molecule has 1 aromatic carbocycles. The van der Waals surface area contributed by atoms with Gasteiger partial charge >= 0.3 is 0 Å². The van der Waals surface area contributed by atoms with E-state index in [-0.39, 0.29) is 17.6 Å². The van der Waals surface area contributed by atoms with E-state index < -0.39 is 0 Å². The Hall–Kier alpha value is -1.07. The number of nitrogens with one attached hydrogen (secondary N) is 1. The molecule has 2 bridgehead atoms. The minimum absolute atomic E-state index is 0.00347. The topological polar surface area (TPSA) is 32.3 Å². The van der Waals surface area contributed by atoms with Crippen LogP contribution in [0.25, 0.3) is 0 Å². The predicted octanol–water partition coefficient (Wildman–Crippen LogP) is 2.91. The number of amides is 1. The van der Waals surface area contributed by atoms with Crippen molar-refractivity contribution in [2.45, 2.75) is 43.2 Å². The maximum atomic E-state index is 12.9. The molecule has 2 aliphatic heterocycles. The summed E-state index contributed by atoms with van der Waals surface area (Å²) in [5.41, 5.74) is 0. The monoisotopic (exact) mass is 322 g/mol. The molecule has 2 heterocycles. The lowest BCUT2D eigenvalue weighted by atomic mass is 10.1. The first kappa shape index (κ1) is 15.8. The molecule has 3 unspecified atom stereocenters. The first-order chi connectivity index (χ1) is 10.6. The minimum Gasteiger partial charge on any atom is -0.335 e. The number of hydrogen-bond acceptors (Lipinski definition) is 3. The Labute approximate surface area is 135 Å². The van der Waals surface area contributed by atoms with Gasteiger partial charge in [0.2, 0.25) is 5.91 Å². The van der Waals surface area contributed by atoms with Gasteiger partial charge < -0.3 is 10.2 Å². The Kier molecular flexibility index (Phi) is 5.03. The fraction of sp³-hybridized carbons (Fsp3) is 0.588. The van der Waals surface area contributed by atoms with Gasteiger partial charge in [0, 0.05) is 35.2 Å². The second-order valence-electron chi connectivity index (χ2n) is 6.29. The summed E-state index contributed by atoms with van der Waals surface area (Å²) in [6.45, 7) is 3.96. The molecular formula is C17H23FN2OS. The average molecular weight is 322 g/mol. The molecule has 0 spiro atoms. The summed E-state index contributed by atoms with van der Waals surface area (Å²) < 4.78 is 12.9. The van der Waals surface area contributed by atoms with E-state index in [0.29, 0.717) is 12.1 Å². The van der Waals surface area contributed by atoms with Crippen LogP contribution in [0, 0.1) is 11.7 Å². The van der Waals surface area contributed by atoms with Gasteiger partial charge in [0.1, 0.15) is 5.82 Å². The van der Waals surface area contributed by atoms with Crippen LogP contribution in [0.4, 0.5) is 4.39 Å². The molecular weight excluding hydrogens is 299 g/mol. The van der Waals surface area contributed by atoms with Crippen LogP contribution in [0.5, 0.6) is 0 Å². The molecule has 22 heavy (non-hydrogen) atoms. The number of halogens is 1. The summed E-state index contributed by atoms with van der Waals surface area (Å²) in [6.07, 6.45) is 3.34. The van der Waals surface area contributed by atoms with E-state index in [9.17, 15) is 9.18 Å². The molecule has 2 fully saturated rings. The van der Waals surface area contributed by atoms with E-state index in [2.05, 4.69) is 10.2 Å². The molecule has 1 aromatic rings. The standard InChI is InChI=1S/C17H23FN2OS/c1-12(11-22-16-6-2-13(18)3-7-16)17(21)20-14-4-5-15(20)10-19-9-8-14/h2-3,6-7,12,14-15,19H,4-5,8-11H2,1H3. The Balaban J connectivity index is 1.58. The van der Waals surface area contributed by atoms with E-state index in [1.807, 2.05) is 6.92 Å². The van der Waals surface area contributed by atoms with Crippen molar-refractivity contribution in [2.75, 3.05) is 18.8 Å². The van der Waals surface area contributed by atoms with E-state index >= 15 is 0 Å². The van der Waals surface area contributed by atoms with Gasteiger partial charge in [-0.3, -0.25) is 4.79 Å². The van der Waals surface area contributed by atoms with E-state index in [1.54, 1.807) is 23.9 Å². The van der Waals surface area contributed by atoms with Crippen LogP contribution in [-0.2, 0) is 4.79 Å². The first-order valence-electron chi connectivity index (χ1n) is 8.06. The number of carbonyl (C=O) groups is 1. The Morgan fingerprint density at radius 3 is 2.82 bits per heavy atom. The summed E-state index contributed by atoms with van der Waals surface area (Å²) >= 11 is 1.63. The van der Waals surface area contributed by atoms with Crippen LogP contribution in [0.1, 0.15) is 26.2 Å².